The Morgan fingerprint density at radius 2 is 1.94 bits per heavy atom. The van der Waals surface area contributed by atoms with E-state index in [4.69, 9.17) is 5.73 Å². The van der Waals surface area contributed by atoms with Crippen LogP contribution in [0.15, 0.2) is 11.6 Å². The van der Waals surface area contributed by atoms with Gasteiger partial charge in [-0.2, -0.15) is 0 Å². The molecule has 2 aliphatic carbocycles. The number of allylic oxidation sites excluding steroid dienone is 2. The van der Waals surface area contributed by atoms with Crippen LogP contribution in [0, 0.1) is 23.7 Å². The summed E-state index contributed by atoms with van der Waals surface area (Å²) in [6.45, 7) is 3.30. The van der Waals surface area contributed by atoms with Crippen LogP contribution in [-0.2, 0) is 0 Å². The first-order valence-electron chi connectivity index (χ1n) is 7.69. The third-order valence-corrected chi connectivity index (χ3v) is 6.34. The Morgan fingerprint density at radius 1 is 1.22 bits per heavy atom. The highest BCUT2D eigenvalue weighted by Crippen LogP contribution is 2.44. The molecule has 0 aliphatic heterocycles. The van der Waals surface area contributed by atoms with Crippen molar-refractivity contribution in [2.24, 2.45) is 29.4 Å². The van der Waals surface area contributed by atoms with Crippen LogP contribution in [0.2, 0.25) is 0 Å². The van der Waals surface area contributed by atoms with E-state index < -0.39 is 0 Å². The normalized spacial score (nSPS) is 40.3. The Kier molecular flexibility index (Phi) is 5.99. The van der Waals surface area contributed by atoms with Gasteiger partial charge in [-0.25, -0.2) is 0 Å². The van der Waals surface area contributed by atoms with Crippen molar-refractivity contribution >= 4 is 22.6 Å². The van der Waals surface area contributed by atoms with E-state index in [1.165, 1.54) is 49.4 Å². The van der Waals surface area contributed by atoms with Gasteiger partial charge < -0.3 is 5.73 Å². The zero-order chi connectivity index (χ0) is 13.0. The molecule has 2 heteroatoms. The number of rotatable bonds is 3. The number of halogens is 1. The zero-order valence-corrected chi connectivity index (χ0v) is 13.9. The predicted molar refractivity (Wildman–Crippen MR) is 88.0 cm³/mol. The van der Waals surface area contributed by atoms with Gasteiger partial charge in [-0.15, -0.1) is 0 Å². The minimum absolute atomic E-state index is 0.850. The molecule has 0 amide bonds. The van der Waals surface area contributed by atoms with Crippen LogP contribution in [0.4, 0.5) is 0 Å². The predicted octanol–water partition coefficient (Wildman–Crippen LogP) is 4.55. The standard InChI is InChI=1S/C16H28IN/c1-12-10-15-6-4-13(8-9-18)2-3-14(11-17)5-7-16(12)15/h6,12-14,16H,2-5,7-11,18H2,1H3/b15-6+. The maximum Gasteiger partial charge on any atom is 0.00237 e. The van der Waals surface area contributed by atoms with Gasteiger partial charge in [-0.3, -0.25) is 0 Å². The summed E-state index contributed by atoms with van der Waals surface area (Å²) in [6.07, 6.45) is 12.2. The summed E-state index contributed by atoms with van der Waals surface area (Å²) in [6, 6.07) is 0. The fourth-order valence-corrected chi connectivity index (χ4v) is 4.57. The molecule has 18 heavy (non-hydrogen) atoms. The molecule has 0 aromatic carbocycles. The van der Waals surface area contributed by atoms with E-state index in [-0.39, 0.29) is 0 Å². The summed E-state index contributed by atoms with van der Waals surface area (Å²) < 4.78 is 1.34. The van der Waals surface area contributed by atoms with Crippen molar-refractivity contribution in [1.82, 2.24) is 0 Å². The van der Waals surface area contributed by atoms with Gasteiger partial charge in [0.2, 0.25) is 0 Å². The molecular weight excluding hydrogens is 333 g/mol. The van der Waals surface area contributed by atoms with E-state index in [1.807, 2.05) is 0 Å². The Morgan fingerprint density at radius 3 is 2.61 bits per heavy atom. The first-order chi connectivity index (χ1) is 8.74. The summed E-state index contributed by atoms with van der Waals surface area (Å²) >= 11 is 2.58. The smallest absolute Gasteiger partial charge is 0.00237 e. The Labute approximate surface area is 126 Å². The summed E-state index contributed by atoms with van der Waals surface area (Å²) in [5.74, 6) is 3.67. The number of hydrogen-bond donors (Lipinski definition) is 1. The van der Waals surface area contributed by atoms with Gasteiger partial charge in [0, 0.05) is 4.43 Å². The minimum Gasteiger partial charge on any atom is -0.330 e. The second-order valence-electron chi connectivity index (χ2n) is 6.42. The fraction of sp³-hybridized carbons (Fsp3) is 0.875. The lowest BCUT2D eigenvalue weighted by atomic mass is 9.66. The van der Waals surface area contributed by atoms with Crippen molar-refractivity contribution in [2.75, 3.05) is 11.0 Å². The highest BCUT2D eigenvalue weighted by atomic mass is 127. The quantitative estimate of drug-likeness (QED) is 0.446. The Bertz CT molecular complexity index is 287. The zero-order valence-electron chi connectivity index (χ0n) is 11.7. The molecule has 1 saturated carbocycles. The van der Waals surface area contributed by atoms with Gasteiger partial charge >= 0.3 is 0 Å². The van der Waals surface area contributed by atoms with Gasteiger partial charge in [0.1, 0.15) is 0 Å². The summed E-state index contributed by atoms with van der Waals surface area (Å²) in [7, 11) is 0. The van der Waals surface area contributed by atoms with Crippen molar-refractivity contribution in [1.29, 1.82) is 0 Å². The Balaban J connectivity index is 2.00. The summed E-state index contributed by atoms with van der Waals surface area (Å²) in [5, 5.41) is 0. The van der Waals surface area contributed by atoms with Crippen LogP contribution >= 0.6 is 22.6 Å². The largest absolute Gasteiger partial charge is 0.330 e. The van der Waals surface area contributed by atoms with Crippen LogP contribution in [0.1, 0.15) is 51.9 Å². The van der Waals surface area contributed by atoms with Crippen LogP contribution in [0.3, 0.4) is 0 Å². The highest BCUT2D eigenvalue weighted by molar-refractivity contribution is 14.1. The van der Waals surface area contributed by atoms with Crippen LogP contribution < -0.4 is 5.73 Å². The molecule has 0 radical (unpaired) electrons. The monoisotopic (exact) mass is 361 g/mol. The molecule has 2 rings (SSSR count). The first kappa shape index (κ1) is 14.8. The molecule has 2 aliphatic rings. The third-order valence-electron chi connectivity index (χ3n) is 5.10. The van der Waals surface area contributed by atoms with Crippen LogP contribution in [0.5, 0.6) is 0 Å². The van der Waals surface area contributed by atoms with E-state index in [2.05, 4.69) is 35.6 Å². The molecule has 0 saturated heterocycles. The van der Waals surface area contributed by atoms with E-state index in [0.29, 0.717) is 0 Å². The fourth-order valence-electron chi connectivity index (χ4n) is 3.69. The van der Waals surface area contributed by atoms with Gasteiger partial charge in [0.15, 0.2) is 0 Å². The number of hydrogen-bond acceptors (Lipinski definition) is 1. The van der Waals surface area contributed by atoms with Gasteiger partial charge in [0.25, 0.3) is 0 Å². The summed E-state index contributed by atoms with van der Waals surface area (Å²) in [5.41, 5.74) is 7.54. The van der Waals surface area contributed by atoms with Gasteiger partial charge in [-0.05, 0) is 75.2 Å². The molecule has 4 atom stereocenters. The maximum atomic E-state index is 5.76. The summed E-state index contributed by atoms with van der Waals surface area (Å²) in [4.78, 5) is 0. The maximum absolute atomic E-state index is 5.76. The molecule has 1 fully saturated rings. The van der Waals surface area contributed by atoms with E-state index in [0.717, 1.165) is 30.2 Å². The molecule has 0 spiro atoms. The third kappa shape index (κ3) is 3.72. The van der Waals surface area contributed by atoms with E-state index >= 15 is 0 Å². The van der Waals surface area contributed by atoms with Crippen molar-refractivity contribution in [3.63, 3.8) is 0 Å². The first-order valence-corrected chi connectivity index (χ1v) is 9.22. The molecule has 0 aromatic rings. The van der Waals surface area contributed by atoms with E-state index in [1.54, 1.807) is 5.57 Å². The lowest BCUT2D eigenvalue weighted by Gasteiger charge is -2.39. The average molecular weight is 361 g/mol. The second kappa shape index (κ2) is 7.28. The van der Waals surface area contributed by atoms with Crippen molar-refractivity contribution in [3.05, 3.63) is 11.6 Å². The molecule has 2 N–H and O–H groups in total. The molecule has 104 valence electrons. The van der Waals surface area contributed by atoms with Gasteiger partial charge in [-0.1, -0.05) is 41.2 Å². The lowest BCUT2D eigenvalue weighted by Crippen LogP contribution is -2.28. The molecule has 0 heterocycles. The minimum atomic E-state index is 0.850. The number of alkyl halides is 1. The highest BCUT2D eigenvalue weighted by Gasteiger charge is 2.32. The topological polar surface area (TPSA) is 26.0 Å². The number of fused-ring (bicyclic) bond motifs is 1. The molecule has 0 bridgehead atoms. The van der Waals surface area contributed by atoms with E-state index in [9.17, 15) is 0 Å². The Hall–Kier alpha value is 0.430. The van der Waals surface area contributed by atoms with Crippen LogP contribution in [0.25, 0.3) is 0 Å². The SMILES string of the molecule is CC1C/C2=C\CC(CCN)CCC(CI)CCC21. The van der Waals surface area contributed by atoms with Crippen molar-refractivity contribution in [3.8, 4) is 0 Å². The van der Waals surface area contributed by atoms with Crippen molar-refractivity contribution in [2.45, 2.75) is 51.9 Å². The average Bonchev–Trinajstić information content (AvgIpc) is 2.37. The van der Waals surface area contributed by atoms with Crippen LogP contribution in [-0.4, -0.2) is 11.0 Å². The molecule has 4 unspecified atom stereocenters. The molecular formula is C16H28IN. The second-order valence-corrected chi connectivity index (χ2v) is 7.30. The molecule has 1 nitrogen and oxygen atoms in total. The lowest BCUT2D eigenvalue weighted by molar-refractivity contribution is 0.250. The van der Waals surface area contributed by atoms with Crippen molar-refractivity contribution < 1.29 is 0 Å². The molecule has 0 aromatic heterocycles. The number of nitrogens with two attached hydrogens (primary N) is 1. The van der Waals surface area contributed by atoms with Gasteiger partial charge in [0.05, 0.1) is 0 Å².